The highest BCUT2D eigenvalue weighted by Gasteiger charge is 2.32. The number of fused-ring (bicyclic) bond motifs is 1. The van der Waals surface area contributed by atoms with Gasteiger partial charge < -0.3 is 14.6 Å². The second-order valence-electron chi connectivity index (χ2n) is 9.03. The molecule has 1 saturated heterocycles. The summed E-state index contributed by atoms with van der Waals surface area (Å²) in [7, 11) is 0. The van der Waals surface area contributed by atoms with Crippen molar-refractivity contribution in [3.63, 3.8) is 0 Å². The van der Waals surface area contributed by atoms with Gasteiger partial charge in [0.15, 0.2) is 0 Å². The molecule has 0 spiro atoms. The van der Waals surface area contributed by atoms with Crippen molar-refractivity contribution in [3.8, 4) is 0 Å². The van der Waals surface area contributed by atoms with Crippen LogP contribution in [-0.4, -0.2) is 29.1 Å². The van der Waals surface area contributed by atoms with Gasteiger partial charge in [0.2, 0.25) is 0 Å². The topological polar surface area (TPSA) is 45.3 Å². The summed E-state index contributed by atoms with van der Waals surface area (Å²) in [6.07, 6.45) is 1.87. The number of rotatable bonds is 3. The number of para-hydroxylation sites is 1. The van der Waals surface area contributed by atoms with Crippen LogP contribution in [0.25, 0.3) is 10.9 Å². The van der Waals surface area contributed by atoms with Crippen LogP contribution < -0.4 is 0 Å². The number of aromatic amines is 1. The molecule has 2 heterocycles. The van der Waals surface area contributed by atoms with Gasteiger partial charge in [-0.1, -0.05) is 69.3 Å². The van der Waals surface area contributed by atoms with E-state index in [2.05, 4.69) is 50.0 Å². The van der Waals surface area contributed by atoms with Crippen LogP contribution in [0.5, 0.6) is 0 Å². The minimum absolute atomic E-state index is 0.0183. The molecule has 2 aromatic carbocycles. The van der Waals surface area contributed by atoms with Crippen LogP contribution in [0, 0.1) is 0 Å². The fraction of sp³-hybridized carbons (Fsp3) is 0.400. The third-order valence-electron chi connectivity index (χ3n) is 5.79. The predicted octanol–water partition coefficient (Wildman–Crippen LogP) is 5.98. The molecule has 0 bridgehead atoms. The second-order valence-corrected chi connectivity index (χ2v) is 9.03. The van der Waals surface area contributed by atoms with E-state index in [4.69, 9.17) is 4.74 Å². The quantitative estimate of drug-likeness (QED) is 0.598. The molecule has 0 radical (unpaired) electrons. The maximum Gasteiger partial charge on any atom is 0.410 e. The molecular weight excluding hydrogens is 360 g/mol. The van der Waals surface area contributed by atoms with Crippen molar-refractivity contribution < 1.29 is 9.53 Å². The summed E-state index contributed by atoms with van der Waals surface area (Å²) in [5.74, 6) is 0.318. The molecule has 4 rings (SSSR count). The summed E-state index contributed by atoms with van der Waals surface area (Å²) >= 11 is 0. The average Bonchev–Trinajstić information content (AvgIpc) is 3.13. The molecule has 0 unspecified atom stereocenters. The molecule has 29 heavy (non-hydrogen) atoms. The Hall–Kier alpha value is -2.75. The Kier molecular flexibility index (Phi) is 5.35. The van der Waals surface area contributed by atoms with Crippen molar-refractivity contribution in [2.24, 2.45) is 0 Å². The summed E-state index contributed by atoms with van der Waals surface area (Å²) in [5.41, 5.74) is 4.86. The highest BCUT2D eigenvalue weighted by molar-refractivity contribution is 5.86. The maximum atomic E-state index is 12.7. The lowest BCUT2D eigenvalue weighted by atomic mass is 9.81. The standard InChI is InChI=1S/C25H30N2O2/c1-25(2,3)23-22(20-13-7-8-14-21(20)26-23)19-12-9-15-27(16-19)24(28)29-17-18-10-5-4-6-11-18/h4-8,10-11,13-14,19,26H,9,12,15-17H2,1-3H3/t19-/m0/s1. The number of nitrogens with zero attached hydrogens (tertiary/aromatic N) is 1. The van der Waals surface area contributed by atoms with E-state index in [0.29, 0.717) is 19.1 Å². The number of benzene rings is 2. The number of likely N-dealkylation sites (tertiary alicyclic amines) is 1. The third kappa shape index (κ3) is 4.16. The molecule has 0 aliphatic carbocycles. The van der Waals surface area contributed by atoms with E-state index < -0.39 is 0 Å². The molecule has 152 valence electrons. The molecular formula is C25H30N2O2. The van der Waals surface area contributed by atoms with E-state index in [-0.39, 0.29) is 11.5 Å². The number of ether oxygens (including phenoxy) is 1. The van der Waals surface area contributed by atoms with Crippen LogP contribution in [0.3, 0.4) is 0 Å². The van der Waals surface area contributed by atoms with Crippen LogP contribution in [0.4, 0.5) is 4.79 Å². The zero-order valence-electron chi connectivity index (χ0n) is 17.6. The van der Waals surface area contributed by atoms with Gasteiger partial charge in [-0.2, -0.15) is 0 Å². The molecule has 1 amide bonds. The van der Waals surface area contributed by atoms with Gasteiger partial charge in [-0.3, -0.25) is 0 Å². The Labute approximate surface area is 172 Å². The minimum Gasteiger partial charge on any atom is -0.445 e. The van der Waals surface area contributed by atoms with Crippen LogP contribution in [0.2, 0.25) is 0 Å². The molecule has 4 nitrogen and oxygen atoms in total. The summed E-state index contributed by atoms with van der Waals surface area (Å²) in [5, 5.41) is 1.28. The molecule has 0 saturated carbocycles. The largest absolute Gasteiger partial charge is 0.445 e. The Morgan fingerprint density at radius 3 is 2.59 bits per heavy atom. The molecule has 1 aromatic heterocycles. The Morgan fingerprint density at radius 2 is 1.83 bits per heavy atom. The van der Waals surface area contributed by atoms with Crippen molar-refractivity contribution >= 4 is 17.0 Å². The van der Waals surface area contributed by atoms with Crippen LogP contribution >= 0.6 is 0 Å². The molecule has 4 heteroatoms. The number of hydrogen-bond acceptors (Lipinski definition) is 2. The lowest BCUT2D eigenvalue weighted by Crippen LogP contribution is -2.39. The maximum absolute atomic E-state index is 12.7. The molecule has 1 N–H and O–H groups in total. The smallest absolute Gasteiger partial charge is 0.410 e. The first kappa shape index (κ1) is 19.6. The lowest BCUT2D eigenvalue weighted by molar-refractivity contribution is 0.0858. The van der Waals surface area contributed by atoms with Gasteiger partial charge in [-0.25, -0.2) is 4.79 Å². The molecule has 1 aliphatic heterocycles. The first-order chi connectivity index (χ1) is 13.9. The van der Waals surface area contributed by atoms with Gasteiger partial charge >= 0.3 is 6.09 Å². The minimum atomic E-state index is -0.212. The number of carbonyl (C=O) groups is 1. The van der Waals surface area contributed by atoms with Crippen molar-refractivity contribution in [1.29, 1.82) is 0 Å². The van der Waals surface area contributed by atoms with Crippen LogP contribution in [-0.2, 0) is 16.8 Å². The summed E-state index contributed by atoms with van der Waals surface area (Å²) in [6.45, 7) is 8.53. The fourth-order valence-electron chi connectivity index (χ4n) is 4.37. The fourth-order valence-corrected chi connectivity index (χ4v) is 4.37. The SMILES string of the molecule is CC(C)(C)c1[nH]c2ccccc2c1[C@H]1CCCN(C(=O)OCc2ccccc2)C1. The monoisotopic (exact) mass is 390 g/mol. The summed E-state index contributed by atoms with van der Waals surface area (Å²) < 4.78 is 5.60. The van der Waals surface area contributed by atoms with Gasteiger partial charge in [0.1, 0.15) is 6.61 Å². The number of H-pyrrole nitrogens is 1. The average molecular weight is 391 g/mol. The highest BCUT2D eigenvalue weighted by atomic mass is 16.6. The Bertz CT molecular complexity index is 985. The zero-order chi connectivity index (χ0) is 20.4. The van der Waals surface area contributed by atoms with E-state index >= 15 is 0 Å². The van der Waals surface area contributed by atoms with Crippen molar-refractivity contribution in [2.45, 2.75) is 51.6 Å². The first-order valence-electron chi connectivity index (χ1n) is 10.5. The Balaban J connectivity index is 1.55. The molecule has 1 atom stereocenters. The van der Waals surface area contributed by atoms with Gasteiger partial charge in [0.05, 0.1) is 0 Å². The highest BCUT2D eigenvalue weighted by Crippen LogP contribution is 2.39. The van der Waals surface area contributed by atoms with Gasteiger partial charge in [-0.15, -0.1) is 0 Å². The van der Waals surface area contributed by atoms with E-state index in [1.165, 1.54) is 22.2 Å². The van der Waals surface area contributed by atoms with E-state index in [1.54, 1.807) is 0 Å². The molecule has 3 aromatic rings. The first-order valence-corrected chi connectivity index (χ1v) is 10.5. The number of hydrogen-bond donors (Lipinski definition) is 1. The van der Waals surface area contributed by atoms with Crippen LogP contribution in [0.15, 0.2) is 54.6 Å². The number of nitrogens with one attached hydrogen (secondary N) is 1. The normalized spacial score (nSPS) is 17.5. The van der Waals surface area contributed by atoms with Gasteiger partial charge in [-0.05, 0) is 30.0 Å². The van der Waals surface area contributed by atoms with E-state index in [9.17, 15) is 4.79 Å². The van der Waals surface area contributed by atoms with Crippen molar-refractivity contribution in [3.05, 3.63) is 71.4 Å². The summed E-state index contributed by atoms with van der Waals surface area (Å²) in [4.78, 5) is 18.3. The van der Waals surface area contributed by atoms with Crippen LogP contribution in [0.1, 0.15) is 56.4 Å². The second kappa shape index (κ2) is 7.94. The van der Waals surface area contributed by atoms with Gasteiger partial charge in [0, 0.05) is 41.0 Å². The number of piperidine rings is 1. The predicted molar refractivity (Wildman–Crippen MR) is 117 cm³/mol. The number of carbonyl (C=O) groups excluding carboxylic acids is 1. The zero-order valence-corrected chi connectivity index (χ0v) is 17.6. The van der Waals surface area contributed by atoms with Crippen molar-refractivity contribution in [1.82, 2.24) is 9.88 Å². The van der Waals surface area contributed by atoms with E-state index in [1.807, 2.05) is 35.2 Å². The van der Waals surface area contributed by atoms with Crippen molar-refractivity contribution in [2.75, 3.05) is 13.1 Å². The number of amides is 1. The third-order valence-corrected chi connectivity index (χ3v) is 5.79. The molecule has 1 fully saturated rings. The van der Waals surface area contributed by atoms with E-state index in [0.717, 1.165) is 24.9 Å². The summed E-state index contributed by atoms with van der Waals surface area (Å²) in [6, 6.07) is 18.4. The Morgan fingerprint density at radius 1 is 1.10 bits per heavy atom. The molecule has 1 aliphatic rings. The lowest BCUT2D eigenvalue weighted by Gasteiger charge is -2.34. The number of aromatic nitrogens is 1. The van der Waals surface area contributed by atoms with Gasteiger partial charge in [0.25, 0.3) is 0 Å².